The van der Waals surface area contributed by atoms with Crippen LogP contribution >= 0.6 is 24.2 Å². The minimum atomic E-state index is -2.01. The number of thiol groups is 1. The maximum absolute atomic E-state index is 13.0. The van der Waals surface area contributed by atoms with E-state index in [9.17, 15) is 19.5 Å². The zero-order valence-electron chi connectivity index (χ0n) is 16.0. The Balaban J connectivity index is 2.28. The Labute approximate surface area is 184 Å². The van der Waals surface area contributed by atoms with Gasteiger partial charge in [-0.15, -0.1) is 0 Å². The van der Waals surface area contributed by atoms with Crippen molar-refractivity contribution < 1.29 is 24.6 Å². The van der Waals surface area contributed by atoms with Crippen molar-refractivity contribution in [1.82, 2.24) is 5.32 Å². The average molecular weight is 451 g/mol. The number of carboxylic acids is 2. The van der Waals surface area contributed by atoms with Gasteiger partial charge in [-0.3, -0.25) is 9.59 Å². The van der Waals surface area contributed by atoms with Gasteiger partial charge in [0.2, 0.25) is 11.6 Å². The molecule has 9 heteroatoms. The van der Waals surface area contributed by atoms with Crippen LogP contribution in [0.2, 0.25) is 5.02 Å². The van der Waals surface area contributed by atoms with Crippen molar-refractivity contribution in [2.75, 3.05) is 11.1 Å². The van der Waals surface area contributed by atoms with Crippen LogP contribution < -0.4 is 10.6 Å². The lowest BCUT2D eigenvalue weighted by molar-refractivity contribution is -0.148. The Bertz CT molecular complexity index is 879. The van der Waals surface area contributed by atoms with Gasteiger partial charge in [-0.1, -0.05) is 41.9 Å². The highest BCUT2D eigenvalue weighted by atomic mass is 35.5. The second-order valence-corrected chi connectivity index (χ2v) is 7.60. The van der Waals surface area contributed by atoms with E-state index in [0.29, 0.717) is 17.1 Å². The normalized spacial score (nSPS) is 13.7. The van der Waals surface area contributed by atoms with Crippen LogP contribution in [0.25, 0.3) is 0 Å². The topological polar surface area (TPSA) is 116 Å². The summed E-state index contributed by atoms with van der Waals surface area (Å²) in [4.78, 5) is 36.3. The third-order valence-corrected chi connectivity index (χ3v) is 5.23. The van der Waals surface area contributed by atoms with E-state index in [-0.39, 0.29) is 12.2 Å². The predicted octanol–water partition coefficient (Wildman–Crippen LogP) is 3.30. The number of carboxylic acid groups (broad SMARTS) is 2. The third kappa shape index (κ3) is 6.67. The molecule has 160 valence electrons. The van der Waals surface area contributed by atoms with Crippen molar-refractivity contribution in [1.29, 1.82) is 0 Å². The van der Waals surface area contributed by atoms with Gasteiger partial charge in [0, 0.05) is 29.3 Å². The fraction of sp³-hybridized carbons (Fsp3) is 0.286. The van der Waals surface area contributed by atoms with Gasteiger partial charge < -0.3 is 20.8 Å². The molecule has 30 heavy (non-hydrogen) atoms. The van der Waals surface area contributed by atoms with E-state index in [1.165, 1.54) is 0 Å². The number of carbonyl (C=O) groups is 3. The summed E-state index contributed by atoms with van der Waals surface area (Å²) in [7, 11) is 0. The summed E-state index contributed by atoms with van der Waals surface area (Å²) in [6, 6.07) is 15.5. The molecule has 2 unspecified atom stereocenters. The highest BCUT2D eigenvalue weighted by molar-refractivity contribution is 7.80. The summed E-state index contributed by atoms with van der Waals surface area (Å²) in [6.45, 7) is 0. The Morgan fingerprint density at radius 1 is 1.03 bits per heavy atom. The van der Waals surface area contributed by atoms with Crippen LogP contribution in [0, 0.1) is 5.92 Å². The summed E-state index contributed by atoms with van der Waals surface area (Å²) < 4.78 is 0. The maximum Gasteiger partial charge on any atom is 0.350 e. The molecular formula is C21H23ClN2O5S. The van der Waals surface area contributed by atoms with E-state index in [1.54, 1.807) is 24.3 Å². The number of rotatable bonds is 11. The van der Waals surface area contributed by atoms with Crippen molar-refractivity contribution in [3.05, 3.63) is 65.2 Å². The number of aliphatic carboxylic acids is 2. The second-order valence-electron chi connectivity index (χ2n) is 6.79. The molecule has 0 aromatic heterocycles. The Morgan fingerprint density at radius 3 is 2.20 bits per heavy atom. The number of carbonyl (C=O) groups excluding carboxylic acids is 1. The SMILES string of the molecule is O=C(O)CCC(NC(=O)C(CS)Cc1ccccc1)(Nc1ccc(Cl)cc1)C(=O)O. The number of anilines is 1. The lowest BCUT2D eigenvalue weighted by Gasteiger charge is -2.33. The number of halogens is 1. The summed E-state index contributed by atoms with van der Waals surface area (Å²) in [5, 5.41) is 24.8. The molecule has 1 amide bonds. The molecule has 2 rings (SSSR count). The predicted molar refractivity (Wildman–Crippen MR) is 118 cm³/mol. The lowest BCUT2D eigenvalue weighted by atomic mass is 9.97. The molecule has 0 aliphatic heterocycles. The number of nitrogens with one attached hydrogen (secondary N) is 2. The van der Waals surface area contributed by atoms with E-state index < -0.39 is 35.8 Å². The molecule has 0 saturated heterocycles. The van der Waals surface area contributed by atoms with E-state index in [4.69, 9.17) is 16.7 Å². The Kier molecular flexibility index (Phi) is 8.56. The van der Waals surface area contributed by atoms with Gasteiger partial charge >= 0.3 is 11.9 Å². The first-order chi connectivity index (χ1) is 14.3. The first kappa shape index (κ1) is 23.6. The molecule has 0 spiro atoms. The van der Waals surface area contributed by atoms with E-state index in [1.807, 2.05) is 30.3 Å². The molecular weight excluding hydrogens is 428 g/mol. The molecule has 0 fully saturated rings. The quantitative estimate of drug-likeness (QED) is 0.265. The third-order valence-electron chi connectivity index (χ3n) is 4.53. The highest BCUT2D eigenvalue weighted by Gasteiger charge is 2.41. The van der Waals surface area contributed by atoms with Crippen LogP contribution in [0.5, 0.6) is 0 Å². The molecule has 0 saturated carbocycles. The zero-order chi connectivity index (χ0) is 22.1. The van der Waals surface area contributed by atoms with Crippen LogP contribution in [0.3, 0.4) is 0 Å². The van der Waals surface area contributed by atoms with E-state index in [2.05, 4.69) is 23.3 Å². The van der Waals surface area contributed by atoms with Gasteiger partial charge in [0.1, 0.15) is 0 Å². The van der Waals surface area contributed by atoms with Gasteiger partial charge in [0.15, 0.2) is 0 Å². The largest absolute Gasteiger partial charge is 0.481 e. The molecule has 2 atom stereocenters. The van der Waals surface area contributed by atoms with Crippen LogP contribution in [0.4, 0.5) is 5.69 Å². The number of hydrogen-bond acceptors (Lipinski definition) is 5. The van der Waals surface area contributed by atoms with Crippen molar-refractivity contribution in [3.63, 3.8) is 0 Å². The van der Waals surface area contributed by atoms with Crippen molar-refractivity contribution in [2.45, 2.75) is 24.9 Å². The van der Waals surface area contributed by atoms with Crippen LogP contribution in [0.15, 0.2) is 54.6 Å². The van der Waals surface area contributed by atoms with Gasteiger partial charge in [-0.25, -0.2) is 4.79 Å². The number of amides is 1. The Hall–Kier alpha value is -2.71. The lowest BCUT2D eigenvalue weighted by Crippen LogP contribution is -2.61. The van der Waals surface area contributed by atoms with Gasteiger partial charge in [0.05, 0.1) is 5.92 Å². The standard InChI is InChI=1S/C21H23ClN2O5S/c22-16-6-8-17(9-7-16)23-21(20(28)29,11-10-18(25)26)24-19(27)15(13-30)12-14-4-2-1-3-5-14/h1-9,15,23,30H,10-13H2,(H,24,27)(H,25,26)(H,28,29). The zero-order valence-corrected chi connectivity index (χ0v) is 17.7. The molecule has 0 aliphatic rings. The van der Waals surface area contributed by atoms with Gasteiger partial charge in [0.25, 0.3) is 0 Å². The molecule has 0 bridgehead atoms. The average Bonchev–Trinajstić information content (AvgIpc) is 2.72. The first-order valence-electron chi connectivity index (χ1n) is 9.21. The molecule has 2 aromatic carbocycles. The van der Waals surface area contributed by atoms with Crippen molar-refractivity contribution in [3.8, 4) is 0 Å². The highest BCUT2D eigenvalue weighted by Crippen LogP contribution is 2.22. The summed E-state index contributed by atoms with van der Waals surface area (Å²) in [5.41, 5.74) is -0.733. The fourth-order valence-electron chi connectivity index (χ4n) is 2.90. The second kappa shape index (κ2) is 10.9. The van der Waals surface area contributed by atoms with E-state index >= 15 is 0 Å². The summed E-state index contributed by atoms with van der Waals surface area (Å²) in [5.74, 6) is -3.53. The van der Waals surface area contributed by atoms with Crippen molar-refractivity contribution >= 4 is 47.8 Å². The summed E-state index contributed by atoms with van der Waals surface area (Å²) in [6.07, 6.45) is -0.459. The minimum Gasteiger partial charge on any atom is -0.481 e. The fourth-order valence-corrected chi connectivity index (χ4v) is 3.32. The van der Waals surface area contributed by atoms with Crippen LogP contribution in [0.1, 0.15) is 18.4 Å². The molecule has 0 aliphatic carbocycles. The Morgan fingerprint density at radius 2 is 1.67 bits per heavy atom. The van der Waals surface area contributed by atoms with Gasteiger partial charge in [-0.2, -0.15) is 12.6 Å². The summed E-state index contributed by atoms with van der Waals surface area (Å²) >= 11 is 10.1. The molecule has 7 nitrogen and oxygen atoms in total. The monoisotopic (exact) mass is 450 g/mol. The first-order valence-corrected chi connectivity index (χ1v) is 10.2. The smallest absolute Gasteiger partial charge is 0.350 e. The number of benzene rings is 2. The minimum absolute atomic E-state index is 0.191. The number of hydrogen-bond donors (Lipinski definition) is 5. The molecule has 4 N–H and O–H groups in total. The van der Waals surface area contributed by atoms with E-state index in [0.717, 1.165) is 5.56 Å². The molecule has 2 aromatic rings. The van der Waals surface area contributed by atoms with Crippen LogP contribution in [-0.2, 0) is 20.8 Å². The van der Waals surface area contributed by atoms with Crippen molar-refractivity contribution in [2.24, 2.45) is 5.92 Å². The maximum atomic E-state index is 13.0. The molecule has 0 heterocycles. The van der Waals surface area contributed by atoms with Crippen LogP contribution in [-0.4, -0.2) is 39.5 Å². The van der Waals surface area contributed by atoms with Gasteiger partial charge in [-0.05, 0) is 36.2 Å². The molecule has 0 radical (unpaired) electrons.